The fourth-order valence-corrected chi connectivity index (χ4v) is 1.63. The van der Waals surface area contributed by atoms with E-state index in [9.17, 15) is 9.18 Å². The van der Waals surface area contributed by atoms with Crippen LogP contribution in [-0.4, -0.2) is 19.0 Å². The van der Waals surface area contributed by atoms with Crippen LogP contribution in [0.3, 0.4) is 0 Å². The summed E-state index contributed by atoms with van der Waals surface area (Å²) >= 11 is 0. The van der Waals surface area contributed by atoms with Crippen molar-refractivity contribution in [2.45, 2.75) is 26.2 Å². The number of nitrogens with two attached hydrogens (primary N) is 1. The van der Waals surface area contributed by atoms with Gasteiger partial charge in [0.25, 0.3) is 5.91 Å². The monoisotopic (exact) mass is 262 g/mol. The summed E-state index contributed by atoms with van der Waals surface area (Å²) < 4.78 is 13.2. The SMILES string of the molecule is CCCCCNC(=O)c1cc(F)ccc1C#CCN. The molecule has 0 aromatic heterocycles. The van der Waals surface area contributed by atoms with Crippen LogP contribution >= 0.6 is 0 Å². The van der Waals surface area contributed by atoms with Gasteiger partial charge in [-0.3, -0.25) is 4.79 Å². The van der Waals surface area contributed by atoms with Gasteiger partial charge in [-0.15, -0.1) is 0 Å². The highest BCUT2D eigenvalue weighted by Crippen LogP contribution is 2.10. The molecule has 102 valence electrons. The van der Waals surface area contributed by atoms with E-state index in [1.54, 1.807) is 0 Å². The van der Waals surface area contributed by atoms with Gasteiger partial charge in [-0.2, -0.15) is 0 Å². The number of nitrogens with one attached hydrogen (secondary N) is 1. The van der Waals surface area contributed by atoms with Crippen molar-refractivity contribution >= 4 is 5.91 Å². The van der Waals surface area contributed by atoms with Gasteiger partial charge in [0.15, 0.2) is 0 Å². The first-order chi connectivity index (χ1) is 9.19. The van der Waals surface area contributed by atoms with E-state index in [2.05, 4.69) is 24.1 Å². The highest BCUT2D eigenvalue weighted by Gasteiger charge is 2.10. The number of amides is 1. The minimum Gasteiger partial charge on any atom is -0.352 e. The number of rotatable bonds is 5. The predicted octanol–water partition coefficient (Wildman–Crippen LogP) is 2.06. The highest BCUT2D eigenvalue weighted by molar-refractivity contribution is 5.96. The third kappa shape index (κ3) is 5.11. The smallest absolute Gasteiger partial charge is 0.252 e. The summed E-state index contributed by atoms with van der Waals surface area (Å²) in [5.41, 5.74) is 6.06. The number of hydrogen-bond donors (Lipinski definition) is 2. The van der Waals surface area contributed by atoms with Gasteiger partial charge < -0.3 is 11.1 Å². The first kappa shape index (κ1) is 15.2. The topological polar surface area (TPSA) is 55.1 Å². The maximum Gasteiger partial charge on any atom is 0.252 e. The van der Waals surface area contributed by atoms with Gasteiger partial charge in [-0.25, -0.2) is 4.39 Å². The Labute approximate surface area is 113 Å². The Bertz CT molecular complexity index is 489. The van der Waals surface area contributed by atoms with Crippen LogP contribution in [0.2, 0.25) is 0 Å². The molecule has 0 aliphatic rings. The molecule has 3 N–H and O–H groups in total. The van der Waals surface area contributed by atoms with E-state index in [4.69, 9.17) is 5.73 Å². The molecule has 0 aliphatic heterocycles. The zero-order valence-corrected chi connectivity index (χ0v) is 11.1. The highest BCUT2D eigenvalue weighted by atomic mass is 19.1. The lowest BCUT2D eigenvalue weighted by Gasteiger charge is -2.07. The van der Waals surface area contributed by atoms with Crippen LogP contribution in [-0.2, 0) is 0 Å². The first-order valence-corrected chi connectivity index (χ1v) is 6.45. The molecule has 0 radical (unpaired) electrons. The molecule has 0 heterocycles. The van der Waals surface area contributed by atoms with Crippen molar-refractivity contribution in [2.75, 3.05) is 13.1 Å². The molecule has 3 nitrogen and oxygen atoms in total. The molecule has 19 heavy (non-hydrogen) atoms. The molecule has 0 saturated heterocycles. The Morgan fingerprint density at radius 1 is 1.42 bits per heavy atom. The Kier molecular flexibility index (Phi) is 6.62. The van der Waals surface area contributed by atoms with E-state index in [0.717, 1.165) is 19.3 Å². The predicted molar refractivity (Wildman–Crippen MR) is 74.2 cm³/mol. The second-order valence-corrected chi connectivity index (χ2v) is 4.16. The van der Waals surface area contributed by atoms with Crippen LogP contribution in [0.1, 0.15) is 42.1 Å². The van der Waals surface area contributed by atoms with E-state index in [0.29, 0.717) is 12.1 Å². The average Bonchev–Trinajstić information content (AvgIpc) is 2.42. The third-order valence-electron chi connectivity index (χ3n) is 2.62. The van der Waals surface area contributed by atoms with Crippen LogP contribution in [0.5, 0.6) is 0 Å². The Morgan fingerprint density at radius 2 is 2.21 bits per heavy atom. The van der Waals surface area contributed by atoms with E-state index < -0.39 is 5.82 Å². The quantitative estimate of drug-likeness (QED) is 0.630. The zero-order valence-electron chi connectivity index (χ0n) is 11.1. The average molecular weight is 262 g/mol. The van der Waals surface area contributed by atoms with Crippen LogP contribution in [0.25, 0.3) is 0 Å². The molecule has 4 heteroatoms. The molecular weight excluding hydrogens is 243 g/mol. The molecule has 0 fully saturated rings. The molecule has 0 bridgehead atoms. The van der Waals surface area contributed by atoms with Gasteiger partial charge in [0, 0.05) is 12.1 Å². The van der Waals surface area contributed by atoms with Gasteiger partial charge in [-0.05, 0) is 24.6 Å². The Hall–Kier alpha value is -1.86. The number of benzene rings is 1. The first-order valence-electron chi connectivity index (χ1n) is 6.45. The number of carbonyl (C=O) groups is 1. The maximum absolute atomic E-state index is 13.2. The standard InChI is InChI=1S/C15H19FN2O/c1-2-3-4-10-18-15(19)14-11-13(16)8-7-12(14)6-5-9-17/h7-8,11H,2-4,9-10,17H2,1H3,(H,18,19). The number of halogens is 1. The molecule has 1 amide bonds. The van der Waals surface area contributed by atoms with Crippen molar-refractivity contribution in [1.29, 1.82) is 0 Å². The molecule has 0 saturated carbocycles. The number of hydrogen-bond acceptors (Lipinski definition) is 2. The van der Waals surface area contributed by atoms with Crippen molar-refractivity contribution in [3.8, 4) is 11.8 Å². The lowest BCUT2D eigenvalue weighted by molar-refractivity contribution is 0.0952. The zero-order chi connectivity index (χ0) is 14.1. The minimum atomic E-state index is -0.447. The largest absolute Gasteiger partial charge is 0.352 e. The second-order valence-electron chi connectivity index (χ2n) is 4.16. The maximum atomic E-state index is 13.2. The lowest BCUT2D eigenvalue weighted by atomic mass is 10.1. The minimum absolute atomic E-state index is 0.203. The van der Waals surface area contributed by atoms with E-state index in [-0.39, 0.29) is 18.0 Å². The summed E-state index contributed by atoms with van der Waals surface area (Å²) in [6.45, 7) is 2.89. The van der Waals surface area contributed by atoms with Crippen molar-refractivity contribution < 1.29 is 9.18 Å². The molecule has 0 aliphatic carbocycles. The summed E-state index contributed by atoms with van der Waals surface area (Å²) in [7, 11) is 0. The molecule has 1 rings (SSSR count). The fraction of sp³-hybridized carbons (Fsp3) is 0.400. The van der Waals surface area contributed by atoms with Gasteiger partial charge >= 0.3 is 0 Å². The third-order valence-corrected chi connectivity index (χ3v) is 2.62. The Morgan fingerprint density at radius 3 is 2.89 bits per heavy atom. The van der Waals surface area contributed by atoms with Crippen LogP contribution in [0, 0.1) is 17.7 Å². The van der Waals surface area contributed by atoms with Crippen LogP contribution < -0.4 is 11.1 Å². The van der Waals surface area contributed by atoms with Crippen LogP contribution in [0.4, 0.5) is 4.39 Å². The summed E-state index contributed by atoms with van der Waals surface area (Å²) in [5.74, 6) is 4.71. The van der Waals surface area contributed by atoms with Gasteiger partial charge in [0.1, 0.15) is 5.82 Å². The molecule has 0 unspecified atom stereocenters. The Balaban J connectivity index is 2.79. The normalized spacial score (nSPS) is 9.63. The van der Waals surface area contributed by atoms with Gasteiger partial charge in [-0.1, -0.05) is 31.6 Å². The van der Waals surface area contributed by atoms with Crippen LogP contribution in [0.15, 0.2) is 18.2 Å². The fourth-order valence-electron chi connectivity index (χ4n) is 1.63. The van der Waals surface area contributed by atoms with Crippen molar-refractivity contribution in [2.24, 2.45) is 5.73 Å². The molecule has 1 aromatic rings. The van der Waals surface area contributed by atoms with E-state index in [1.807, 2.05) is 0 Å². The lowest BCUT2D eigenvalue weighted by Crippen LogP contribution is -2.25. The molecule has 0 spiro atoms. The molecule has 1 aromatic carbocycles. The number of carbonyl (C=O) groups excluding carboxylic acids is 1. The van der Waals surface area contributed by atoms with E-state index >= 15 is 0 Å². The van der Waals surface area contributed by atoms with Gasteiger partial charge in [0.2, 0.25) is 0 Å². The summed E-state index contributed by atoms with van der Waals surface area (Å²) in [5, 5.41) is 2.77. The summed E-state index contributed by atoms with van der Waals surface area (Å²) in [4.78, 5) is 12.0. The summed E-state index contributed by atoms with van der Waals surface area (Å²) in [6.07, 6.45) is 3.06. The van der Waals surface area contributed by atoms with Gasteiger partial charge in [0.05, 0.1) is 12.1 Å². The van der Waals surface area contributed by atoms with Crippen molar-refractivity contribution in [3.05, 3.63) is 35.1 Å². The van der Waals surface area contributed by atoms with E-state index in [1.165, 1.54) is 18.2 Å². The number of unbranched alkanes of at least 4 members (excludes halogenated alkanes) is 2. The summed E-state index contributed by atoms with van der Waals surface area (Å²) in [6, 6.07) is 3.99. The molecule has 0 atom stereocenters. The second kappa shape index (κ2) is 8.28. The van der Waals surface area contributed by atoms with Crippen molar-refractivity contribution in [1.82, 2.24) is 5.32 Å². The van der Waals surface area contributed by atoms with Crippen molar-refractivity contribution in [3.63, 3.8) is 0 Å². The molecular formula is C15H19FN2O.